The summed E-state index contributed by atoms with van der Waals surface area (Å²) in [5.41, 5.74) is 1.12. The fraction of sp³-hybridized carbons (Fsp3) is 0.625. The van der Waals surface area contributed by atoms with Crippen LogP contribution in [-0.4, -0.2) is 12.0 Å². The van der Waals surface area contributed by atoms with Crippen LogP contribution in [0.25, 0.3) is 0 Å². The zero-order valence-corrected chi connectivity index (χ0v) is 8.25. The minimum atomic E-state index is 0.0128. The monoisotopic (exact) mass is 170 g/mol. The highest BCUT2D eigenvalue weighted by Crippen LogP contribution is 2.22. The van der Waals surface area contributed by atoms with E-state index in [2.05, 4.69) is 29.5 Å². The van der Waals surface area contributed by atoms with E-state index in [0.29, 0.717) is 0 Å². The normalized spacial score (nSPS) is 12.0. The highest BCUT2D eigenvalue weighted by atomic mass is 32.1. The molecule has 1 aromatic rings. The Morgan fingerprint density at radius 3 is 2.55 bits per heavy atom. The Morgan fingerprint density at radius 2 is 2.18 bits per heavy atom. The summed E-state index contributed by atoms with van der Waals surface area (Å²) < 4.78 is 0. The van der Waals surface area contributed by atoms with Crippen LogP contribution < -0.4 is 5.32 Å². The third-order valence-corrected chi connectivity index (χ3v) is 3.06. The van der Waals surface area contributed by atoms with Crippen molar-refractivity contribution >= 4 is 11.3 Å². The SMILES string of the molecule is CNC(C)(C)c1nc(C)cs1. The topological polar surface area (TPSA) is 24.9 Å². The van der Waals surface area contributed by atoms with Gasteiger partial charge in [-0.2, -0.15) is 0 Å². The molecule has 0 amide bonds. The van der Waals surface area contributed by atoms with Crippen LogP contribution in [0, 0.1) is 6.92 Å². The largest absolute Gasteiger partial charge is 0.309 e. The second kappa shape index (κ2) is 2.91. The van der Waals surface area contributed by atoms with Crippen molar-refractivity contribution in [1.82, 2.24) is 10.3 Å². The molecule has 11 heavy (non-hydrogen) atoms. The van der Waals surface area contributed by atoms with Crippen molar-refractivity contribution in [2.45, 2.75) is 26.3 Å². The van der Waals surface area contributed by atoms with E-state index in [4.69, 9.17) is 0 Å². The van der Waals surface area contributed by atoms with Gasteiger partial charge in [0.25, 0.3) is 0 Å². The predicted octanol–water partition coefficient (Wildman–Crippen LogP) is 1.91. The summed E-state index contributed by atoms with van der Waals surface area (Å²) in [7, 11) is 1.96. The lowest BCUT2D eigenvalue weighted by atomic mass is 10.1. The molecule has 0 saturated carbocycles. The fourth-order valence-electron chi connectivity index (χ4n) is 0.748. The van der Waals surface area contributed by atoms with Crippen LogP contribution in [0.3, 0.4) is 0 Å². The van der Waals surface area contributed by atoms with E-state index in [1.807, 2.05) is 14.0 Å². The molecular weight excluding hydrogens is 156 g/mol. The van der Waals surface area contributed by atoms with E-state index in [9.17, 15) is 0 Å². The molecule has 62 valence electrons. The van der Waals surface area contributed by atoms with E-state index >= 15 is 0 Å². The first-order chi connectivity index (χ1) is 5.06. The quantitative estimate of drug-likeness (QED) is 0.733. The minimum absolute atomic E-state index is 0.0128. The number of nitrogens with zero attached hydrogens (tertiary/aromatic N) is 1. The van der Waals surface area contributed by atoms with Gasteiger partial charge in [-0.15, -0.1) is 11.3 Å². The fourth-order valence-corrected chi connectivity index (χ4v) is 1.68. The minimum Gasteiger partial charge on any atom is -0.309 e. The van der Waals surface area contributed by atoms with Crippen molar-refractivity contribution in [1.29, 1.82) is 0 Å². The van der Waals surface area contributed by atoms with Crippen molar-refractivity contribution in [3.63, 3.8) is 0 Å². The van der Waals surface area contributed by atoms with Crippen molar-refractivity contribution in [2.75, 3.05) is 7.05 Å². The van der Waals surface area contributed by atoms with E-state index < -0.39 is 0 Å². The molecule has 0 bridgehead atoms. The average molecular weight is 170 g/mol. The number of rotatable bonds is 2. The summed E-state index contributed by atoms with van der Waals surface area (Å²) in [5.74, 6) is 0. The van der Waals surface area contributed by atoms with Crippen LogP contribution >= 0.6 is 11.3 Å². The Labute approximate surface area is 71.7 Å². The predicted molar refractivity (Wildman–Crippen MR) is 48.9 cm³/mol. The molecule has 0 radical (unpaired) electrons. The average Bonchev–Trinajstić information content (AvgIpc) is 2.36. The molecule has 0 aliphatic carbocycles. The van der Waals surface area contributed by atoms with Crippen molar-refractivity contribution in [2.24, 2.45) is 0 Å². The number of hydrogen-bond acceptors (Lipinski definition) is 3. The molecule has 1 N–H and O–H groups in total. The summed E-state index contributed by atoms with van der Waals surface area (Å²) in [6.45, 7) is 6.28. The van der Waals surface area contributed by atoms with Gasteiger partial charge < -0.3 is 5.32 Å². The van der Waals surface area contributed by atoms with E-state index in [1.165, 1.54) is 0 Å². The zero-order valence-electron chi connectivity index (χ0n) is 7.43. The summed E-state index contributed by atoms with van der Waals surface area (Å²) in [6, 6.07) is 0. The zero-order chi connectivity index (χ0) is 8.48. The number of hydrogen-bond donors (Lipinski definition) is 1. The Balaban J connectivity index is 2.92. The molecule has 0 atom stereocenters. The van der Waals surface area contributed by atoms with Crippen LogP contribution in [0.1, 0.15) is 24.5 Å². The summed E-state index contributed by atoms with van der Waals surface area (Å²) in [4.78, 5) is 4.41. The van der Waals surface area contributed by atoms with Gasteiger partial charge in [0, 0.05) is 11.1 Å². The van der Waals surface area contributed by atoms with Gasteiger partial charge in [0.05, 0.1) is 5.54 Å². The number of aryl methyl sites for hydroxylation is 1. The number of thiazole rings is 1. The molecule has 2 nitrogen and oxygen atoms in total. The molecule has 0 aliphatic heterocycles. The van der Waals surface area contributed by atoms with E-state index in [1.54, 1.807) is 11.3 Å². The summed E-state index contributed by atoms with van der Waals surface area (Å²) >= 11 is 1.71. The van der Waals surface area contributed by atoms with Gasteiger partial charge in [0.1, 0.15) is 5.01 Å². The molecule has 1 heterocycles. The van der Waals surface area contributed by atoms with Gasteiger partial charge in [0.2, 0.25) is 0 Å². The van der Waals surface area contributed by atoms with Crippen molar-refractivity contribution in [3.05, 3.63) is 16.1 Å². The van der Waals surface area contributed by atoms with Crippen LogP contribution in [-0.2, 0) is 5.54 Å². The number of aromatic nitrogens is 1. The standard InChI is InChI=1S/C8H14N2S/c1-6-5-11-7(10-6)8(2,3)9-4/h5,9H,1-4H3. The third-order valence-electron chi connectivity index (χ3n) is 1.78. The molecule has 0 spiro atoms. The maximum absolute atomic E-state index is 4.41. The second-order valence-electron chi connectivity index (χ2n) is 3.17. The molecule has 0 aliphatic rings. The van der Waals surface area contributed by atoms with Crippen LogP contribution in [0.15, 0.2) is 5.38 Å². The van der Waals surface area contributed by atoms with Gasteiger partial charge >= 0.3 is 0 Å². The Bertz CT molecular complexity index is 240. The first kappa shape index (κ1) is 8.68. The van der Waals surface area contributed by atoms with Crippen LogP contribution in [0.2, 0.25) is 0 Å². The number of nitrogens with one attached hydrogen (secondary N) is 1. The van der Waals surface area contributed by atoms with E-state index in [0.717, 1.165) is 10.7 Å². The second-order valence-corrected chi connectivity index (χ2v) is 4.03. The first-order valence-corrected chi connectivity index (χ1v) is 4.56. The maximum atomic E-state index is 4.41. The highest BCUT2D eigenvalue weighted by molar-refractivity contribution is 7.09. The smallest absolute Gasteiger partial charge is 0.112 e. The maximum Gasteiger partial charge on any atom is 0.112 e. The molecule has 0 saturated heterocycles. The molecule has 1 aromatic heterocycles. The highest BCUT2D eigenvalue weighted by Gasteiger charge is 2.20. The lowest BCUT2D eigenvalue weighted by molar-refractivity contribution is 0.442. The summed E-state index contributed by atoms with van der Waals surface area (Å²) in [6.07, 6.45) is 0. The lowest BCUT2D eigenvalue weighted by Gasteiger charge is -2.20. The molecule has 1 rings (SSSR count). The Kier molecular flexibility index (Phi) is 2.30. The molecular formula is C8H14N2S. The van der Waals surface area contributed by atoms with Gasteiger partial charge in [-0.05, 0) is 27.8 Å². The lowest BCUT2D eigenvalue weighted by Crippen LogP contribution is -2.32. The van der Waals surface area contributed by atoms with Gasteiger partial charge in [-0.25, -0.2) is 4.98 Å². The van der Waals surface area contributed by atoms with Gasteiger partial charge in [0.15, 0.2) is 0 Å². The Hall–Kier alpha value is -0.410. The van der Waals surface area contributed by atoms with Crippen LogP contribution in [0.4, 0.5) is 0 Å². The van der Waals surface area contributed by atoms with Gasteiger partial charge in [-0.1, -0.05) is 0 Å². The van der Waals surface area contributed by atoms with E-state index in [-0.39, 0.29) is 5.54 Å². The molecule has 0 unspecified atom stereocenters. The van der Waals surface area contributed by atoms with Gasteiger partial charge in [-0.3, -0.25) is 0 Å². The van der Waals surface area contributed by atoms with Crippen LogP contribution in [0.5, 0.6) is 0 Å². The van der Waals surface area contributed by atoms with Crippen molar-refractivity contribution < 1.29 is 0 Å². The molecule has 0 fully saturated rings. The van der Waals surface area contributed by atoms with Crippen molar-refractivity contribution in [3.8, 4) is 0 Å². The summed E-state index contributed by atoms with van der Waals surface area (Å²) in [5, 5.41) is 6.45. The molecule has 0 aromatic carbocycles. The third kappa shape index (κ3) is 1.79. The molecule has 3 heteroatoms. The first-order valence-electron chi connectivity index (χ1n) is 3.68. The Morgan fingerprint density at radius 1 is 1.55 bits per heavy atom.